The molecule has 0 atom stereocenters. The lowest BCUT2D eigenvalue weighted by Gasteiger charge is -2.12. The lowest BCUT2D eigenvalue weighted by molar-refractivity contribution is 0.513. The molecule has 0 saturated heterocycles. The Morgan fingerprint density at radius 3 is 1.87 bits per heavy atom. The maximum atomic E-state index is 6.28. The van der Waals surface area contributed by atoms with Gasteiger partial charge in [-0.3, -0.25) is 0 Å². The van der Waals surface area contributed by atoms with Crippen molar-refractivity contribution in [2.75, 3.05) is 0 Å². The first-order valence-electron chi connectivity index (χ1n) is 20.1. The van der Waals surface area contributed by atoms with Crippen LogP contribution in [0.5, 0.6) is 0 Å². The molecule has 311 valence electrons. The van der Waals surface area contributed by atoms with Crippen LogP contribution in [0, 0.1) is 6.92 Å². The summed E-state index contributed by atoms with van der Waals surface area (Å²) >= 11 is 1.66. The molecule has 0 N–H and O–H groups in total. The van der Waals surface area contributed by atoms with Crippen LogP contribution in [0.25, 0.3) is 71.5 Å². The summed E-state index contributed by atoms with van der Waals surface area (Å²) in [5, 5.41) is 1.56. The molecule has 0 unspecified atom stereocenters. The summed E-state index contributed by atoms with van der Waals surface area (Å²) < 4.78 is 10.5. The highest BCUT2D eigenvalue weighted by Gasteiger charge is 2.20. The van der Waals surface area contributed by atoms with Gasteiger partial charge >= 0.3 is 0 Å². The van der Waals surface area contributed by atoms with Crippen molar-refractivity contribution in [2.45, 2.75) is 41.4 Å². The van der Waals surface area contributed by atoms with Crippen LogP contribution in [0.15, 0.2) is 141 Å². The van der Waals surface area contributed by atoms with E-state index in [0.29, 0.717) is 39.7 Å². The Labute approximate surface area is 372 Å². The molecule has 4 rings (SSSR count). The van der Waals surface area contributed by atoms with Crippen LogP contribution in [0.1, 0.15) is 79.1 Å². The third-order valence-corrected chi connectivity index (χ3v) is 10.8. The monoisotopic (exact) mass is 832 g/mol. The van der Waals surface area contributed by atoms with Gasteiger partial charge in [-0.1, -0.05) is 157 Å². The van der Waals surface area contributed by atoms with Crippen LogP contribution in [-0.2, 0) is 0 Å². The molecular weight excluding hydrogens is 778 g/mol. The van der Waals surface area contributed by atoms with Crippen LogP contribution in [0.3, 0.4) is 0 Å². The van der Waals surface area contributed by atoms with Gasteiger partial charge in [0.05, 0.1) is 5.69 Å². The van der Waals surface area contributed by atoms with Crippen molar-refractivity contribution in [1.29, 1.82) is 0 Å². The molecule has 4 aromatic rings. The highest BCUT2D eigenvalue weighted by molar-refractivity contribution is 7.20. The molecule has 4 aromatic heterocycles. The summed E-state index contributed by atoms with van der Waals surface area (Å²) in [7, 11) is 2.11. The quantitative estimate of drug-likeness (QED) is 0.0695. The van der Waals surface area contributed by atoms with Gasteiger partial charge in [0.1, 0.15) is 10.8 Å². The van der Waals surface area contributed by atoms with E-state index in [-0.39, 0.29) is 0 Å². The van der Waals surface area contributed by atoms with Crippen molar-refractivity contribution >= 4 is 94.9 Å². The number of hydrogen-bond acceptors (Lipinski definition) is 6. The maximum Gasteiger partial charge on any atom is 0.227 e. The SMILES string of the molecule is C=C/C=C\C(=C/C)c1nc(/C(C=C)=C/C=C\C)nc(C(=C/C)/C=c2/nc(C(=C/C)/C=C(\C=C)n3c(C)c(/C=C\C=C)c(/C=c4/c(/C=C\C=C)c([B]C)sc4=C)c3C=C)oc2=C)n1. The summed E-state index contributed by atoms with van der Waals surface area (Å²) in [6.07, 6.45) is 40.1. The zero-order valence-corrected chi connectivity index (χ0v) is 37.7. The number of nitrogens with zero attached hydrogens (tertiary/aromatic N) is 5. The van der Waals surface area contributed by atoms with Gasteiger partial charge in [0.25, 0.3) is 0 Å². The van der Waals surface area contributed by atoms with E-state index in [1.54, 1.807) is 35.6 Å². The van der Waals surface area contributed by atoms with Crippen molar-refractivity contribution in [2.24, 2.45) is 0 Å². The van der Waals surface area contributed by atoms with Gasteiger partial charge in [-0.15, -0.1) is 0 Å². The minimum atomic E-state index is 0.381. The number of allylic oxidation sites excluding steroid dienone is 21. The van der Waals surface area contributed by atoms with E-state index in [9.17, 15) is 0 Å². The number of aromatic nitrogens is 5. The normalized spacial score (nSPS) is 13.9. The van der Waals surface area contributed by atoms with Gasteiger partial charge in [0, 0.05) is 49.3 Å². The number of thiophene rings is 1. The Hall–Kier alpha value is -7.16. The van der Waals surface area contributed by atoms with E-state index in [0.717, 1.165) is 65.0 Å². The van der Waals surface area contributed by atoms with Crippen molar-refractivity contribution in [1.82, 2.24) is 24.5 Å². The van der Waals surface area contributed by atoms with E-state index >= 15 is 0 Å². The van der Waals surface area contributed by atoms with Crippen molar-refractivity contribution in [3.63, 3.8) is 0 Å². The van der Waals surface area contributed by atoms with Crippen molar-refractivity contribution in [3.8, 4) is 0 Å². The lowest BCUT2D eigenvalue weighted by Crippen LogP contribution is -2.21. The summed E-state index contributed by atoms with van der Waals surface area (Å²) in [6, 6.07) is 0. The summed E-state index contributed by atoms with van der Waals surface area (Å²) in [6.45, 7) is 44.6. The zero-order valence-electron chi connectivity index (χ0n) is 36.9. The maximum absolute atomic E-state index is 6.28. The Morgan fingerprint density at radius 2 is 1.32 bits per heavy atom. The van der Waals surface area contributed by atoms with Gasteiger partial charge in [0.2, 0.25) is 5.89 Å². The molecule has 0 aliphatic rings. The van der Waals surface area contributed by atoms with E-state index in [1.807, 2.05) is 120 Å². The summed E-state index contributed by atoms with van der Waals surface area (Å²) in [4.78, 5) is 19.6. The second-order valence-electron chi connectivity index (χ2n) is 13.4. The Kier molecular flexibility index (Phi) is 17.6. The first-order valence-corrected chi connectivity index (χ1v) is 21.0. The minimum absolute atomic E-state index is 0.381. The topological polar surface area (TPSA) is 69.6 Å². The van der Waals surface area contributed by atoms with Crippen molar-refractivity contribution in [3.05, 3.63) is 209 Å². The molecule has 1 radical (unpaired) electrons. The summed E-state index contributed by atoms with van der Waals surface area (Å²) in [5.74, 6) is 1.81. The molecule has 0 amide bonds. The van der Waals surface area contributed by atoms with Gasteiger partial charge in [0.15, 0.2) is 24.8 Å². The first kappa shape index (κ1) is 47.5. The highest BCUT2D eigenvalue weighted by atomic mass is 32.1. The van der Waals surface area contributed by atoms with Gasteiger partial charge < -0.3 is 8.98 Å². The number of hydrogen-bond donors (Lipinski definition) is 0. The molecule has 0 aliphatic carbocycles. The van der Waals surface area contributed by atoms with E-state index in [1.165, 1.54) is 0 Å². The molecule has 62 heavy (non-hydrogen) atoms. The van der Waals surface area contributed by atoms with Crippen LogP contribution in [0.4, 0.5) is 0 Å². The molecule has 6 nitrogen and oxygen atoms in total. The van der Waals surface area contributed by atoms with Gasteiger partial charge in [-0.05, 0) is 80.6 Å². The third kappa shape index (κ3) is 10.8. The molecule has 4 heterocycles. The fourth-order valence-electron chi connectivity index (χ4n) is 6.53. The van der Waals surface area contributed by atoms with Crippen LogP contribution < -0.4 is 25.3 Å². The minimum Gasteiger partial charge on any atom is -0.437 e. The zero-order chi connectivity index (χ0) is 45.3. The van der Waals surface area contributed by atoms with E-state index in [2.05, 4.69) is 89.6 Å². The predicted octanol–water partition coefficient (Wildman–Crippen LogP) is 10.4. The average molecular weight is 833 g/mol. The largest absolute Gasteiger partial charge is 0.437 e. The van der Waals surface area contributed by atoms with Gasteiger partial charge in [-0.2, -0.15) is 11.3 Å². The predicted molar refractivity (Wildman–Crippen MR) is 275 cm³/mol. The molecule has 0 spiro atoms. The Morgan fingerprint density at radius 1 is 0.710 bits per heavy atom. The van der Waals surface area contributed by atoms with Gasteiger partial charge in [-0.25, -0.2) is 19.9 Å². The molecule has 0 aliphatic heterocycles. The molecular formula is C54H55BN5OS. The van der Waals surface area contributed by atoms with Crippen LogP contribution >= 0.6 is 11.3 Å². The number of oxazole rings is 1. The Balaban J connectivity index is 1.94. The lowest BCUT2D eigenvalue weighted by atomic mass is 9.78. The second kappa shape index (κ2) is 23.0. The Bertz CT molecular complexity index is 2920. The molecule has 0 saturated carbocycles. The van der Waals surface area contributed by atoms with E-state index < -0.39 is 0 Å². The molecule has 0 bridgehead atoms. The third-order valence-electron chi connectivity index (χ3n) is 9.64. The standard InChI is InChI=1S/C54H55BN5OS/c1-15-25-29-39(19-5)51-57-52(40(20-6)30-26-16-2)59-53(58-51)41(21-7)34-48-37(12)61-54(56-48)42(22-8)33-43(23-9)60-36(11)44(31-27-17-3)47(49(60)24-10)35-46-38(13)62-50(55-14)45(46)32-28-18-4/h15-35H,1,3-4,6,9-10,12-13H2,2,5,7-8,11,14H3/b26-16-,29-25-,31-27-,32-28-,39-19+,40-30+,41-21+,42-22+,43-33+,46-35+,48-34+. The summed E-state index contributed by atoms with van der Waals surface area (Å²) in [5.41, 5.74) is 9.09. The fraction of sp³-hybridized carbons (Fsp3) is 0.111. The highest BCUT2D eigenvalue weighted by Crippen LogP contribution is 2.31. The van der Waals surface area contributed by atoms with Crippen LogP contribution in [-0.4, -0.2) is 31.8 Å². The molecule has 8 heteroatoms. The first-order chi connectivity index (χ1) is 30.0. The smallest absolute Gasteiger partial charge is 0.227 e. The second-order valence-corrected chi connectivity index (χ2v) is 14.5. The molecule has 0 aromatic carbocycles. The fourth-order valence-corrected chi connectivity index (χ4v) is 7.48. The number of rotatable bonds is 19. The van der Waals surface area contributed by atoms with Crippen molar-refractivity contribution < 1.29 is 4.42 Å². The van der Waals surface area contributed by atoms with E-state index in [4.69, 9.17) is 24.4 Å². The van der Waals surface area contributed by atoms with Crippen LogP contribution in [0.2, 0.25) is 6.82 Å². The average Bonchev–Trinajstić information content (AvgIpc) is 3.89. The molecule has 0 fully saturated rings.